The molecule has 1 atom stereocenters. The minimum atomic E-state index is -1.61. The van der Waals surface area contributed by atoms with E-state index in [1.165, 1.54) is 0 Å². The monoisotopic (exact) mass is 164 g/mol. The fourth-order valence-electron chi connectivity index (χ4n) is 0.333. The van der Waals surface area contributed by atoms with Gasteiger partial charge in [-0.3, -0.25) is 0 Å². The fraction of sp³-hybridized carbons (Fsp3) is 1.00. The van der Waals surface area contributed by atoms with Crippen molar-refractivity contribution in [2.75, 3.05) is 6.16 Å². The highest BCUT2D eigenvalue weighted by atomic mass is 31.1. The zero-order chi connectivity index (χ0) is 8.20. The SMILES string of the molecule is CC(C)(C)CPOB(O)O. The van der Waals surface area contributed by atoms with E-state index in [0.717, 1.165) is 6.16 Å². The summed E-state index contributed by atoms with van der Waals surface area (Å²) in [5.74, 6) is 0. The van der Waals surface area contributed by atoms with Crippen molar-refractivity contribution >= 4 is 16.1 Å². The Balaban J connectivity index is 3.21. The van der Waals surface area contributed by atoms with E-state index in [1.807, 2.05) is 0 Å². The van der Waals surface area contributed by atoms with E-state index in [-0.39, 0.29) is 14.2 Å². The molecule has 0 heterocycles. The third-order valence-corrected chi connectivity index (χ3v) is 2.37. The van der Waals surface area contributed by atoms with Gasteiger partial charge in [-0.05, 0) is 11.6 Å². The highest BCUT2D eigenvalue weighted by molar-refractivity contribution is 7.33. The zero-order valence-electron chi connectivity index (χ0n) is 6.59. The Morgan fingerprint density at radius 2 is 1.90 bits per heavy atom. The lowest BCUT2D eigenvalue weighted by Crippen LogP contribution is -2.14. The molecule has 60 valence electrons. The molecule has 0 amide bonds. The first kappa shape index (κ1) is 10.4. The van der Waals surface area contributed by atoms with Crippen LogP contribution in [0, 0.1) is 5.41 Å². The second kappa shape index (κ2) is 4.29. The average Bonchev–Trinajstić information content (AvgIpc) is 1.59. The molecule has 0 aromatic heterocycles. The van der Waals surface area contributed by atoms with Crippen LogP contribution in [0.15, 0.2) is 0 Å². The molecule has 0 bridgehead atoms. The van der Waals surface area contributed by atoms with E-state index in [1.54, 1.807) is 0 Å². The fourth-order valence-corrected chi connectivity index (χ4v) is 0.998. The molecule has 10 heavy (non-hydrogen) atoms. The minimum Gasteiger partial charge on any atom is -0.402 e. The Labute approximate surface area is 63.8 Å². The third-order valence-electron chi connectivity index (χ3n) is 0.791. The van der Waals surface area contributed by atoms with Crippen LogP contribution >= 0.6 is 8.81 Å². The molecule has 0 radical (unpaired) electrons. The smallest absolute Gasteiger partial charge is 0.402 e. The van der Waals surface area contributed by atoms with Gasteiger partial charge in [0.2, 0.25) is 0 Å². The van der Waals surface area contributed by atoms with E-state index in [9.17, 15) is 0 Å². The van der Waals surface area contributed by atoms with Crippen molar-refractivity contribution in [2.24, 2.45) is 5.41 Å². The summed E-state index contributed by atoms with van der Waals surface area (Å²) < 4.78 is 4.56. The quantitative estimate of drug-likeness (QED) is 0.474. The molecule has 0 aromatic rings. The van der Waals surface area contributed by atoms with E-state index in [4.69, 9.17) is 10.0 Å². The van der Waals surface area contributed by atoms with Crippen molar-refractivity contribution in [3.63, 3.8) is 0 Å². The lowest BCUT2D eigenvalue weighted by atomic mass is 10.0. The molecule has 1 unspecified atom stereocenters. The molecule has 0 saturated carbocycles. The van der Waals surface area contributed by atoms with Gasteiger partial charge in [-0.25, -0.2) is 0 Å². The predicted octanol–water partition coefficient (Wildman–Crippen LogP) is 0.612. The Morgan fingerprint density at radius 1 is 1.40 bits per heavy atom. The van der Waals surface area contributed by atoms with Gasteiger partial charge in [0.25, 0.3) is 0 Å². The van der Waals surface area contributed by atoms with Crippen LogP contribution in [-0.4, -0.2) is 23.5 Å². The number of hydrogen-bond acceptors (Lipinski definition) is 3. The maximum Gasteiger partial charge on any atom is 0.637 e. The van der Waals surface area contributed by atoms with Gasteiger partial charge >= 0.3 is 7.32 Å². The van der Waals surface area contributed by atoms with Gasteiger partial charge < -0.3 is 14.5 Å². The molecule has 2 N–H and O–H groups in total. The Bertz CT molecular complexity index is 91.4. The summed E-state index contributed by atoms with van der Waals surface area (Å²) in [7, 11) is -1.45. The summed E-state index contributed by atoms with van der Waals surface area (Å²) >= 11 is 0. The number of hydrogen-bond donors (Lipinski definition) is 2. The van der Waals surface area contributed by atoms with Gasteiger partial charge in [-0.2, -0.15) is 0 Å². The van der Waals surface area contributed by atoms with Gasteiger partial charge in [0.1, 0.15) is 0 Å². The second-order valence-electron chi connectivity index (χ2n) is 3.33. The molecular weight excluding hydrogens is 150 g/mol. The maximum absolute atomic E-state index is 8.29. The lowest BCUT2D eigenvalue weighted by molar-refractivity contribution is 0.302. The van der Waals surface area contributed by atoms with Crippen molar-refractivity contribution < 1.29 is 14.5 Å². The number of rotatable bonds is 3. The molecule has 0 spiro atoms. The molecule has 5 heteroatoms. The molecule has 0 fully saturated rings. The predicted molar refractivity (Wildman–Crippen MR) is 43.9 cm³/mol. The normalized spacial score (nSPS) is 12.9. The molecule has 0 aliphatic heterocycles. The molecule has 0 rings (SSSR count). The molecular formula is C5H14BO3P. The second-order valence-corrected chi connectivity index (χ2v) is 4.20. The summed E-state index contributed by atoms with van der Waals surface area (Å²) in [5, 5.41) is 16.6. The largest absolute Gasteiger partial charge is 0.637 e. The standard InChI is InChI=1S/C5H14BO3P/c1-5(2,3)4-10-9-6(7)8/h7-8,10H,4H2,1-3H3. The van der Waals surface area contributed by atoms with E-state index in [2.05, 4.69) is 25.2 Å². The van der Waals surface area contributed by atoms with E-state index < -0.39 is 7.32 Å². The Morgan fingerprint density at radius 3 is 2.20 bits per heavy atom. The van der Waals surface area contributed by atoms with Crippen molar-refractivity contribution in [1.29, 1.82) is 0 Å². The van der Waals surface area contributed by atoms with Crippen LogP contribution in [0.3, 0.4) is 0 Å². The van der Waals surface area contributed by atoms with Crippen molar-refractivity contribution in [3.8, 4) is 0 Å². The van der Waals surface area contributed by atoms with Crippen LogP contribution in [0.1, 0.15) is 20.8 Å². The van der Waals surface area contributed by atoms with Gasteiger partial charge in [0.15, 0.2) is 0 Å². The van der Waals surface area contributed by atoms with Gasteiger partial charge in [-0.1, -0.05) is 20.8 Å². The van der Waals surface area contributed by atoms with Crippen LogP contribution in [0.2, 0.25) is 0 Å². The molecule has 0 saturated heterocycles. The van der Waals surface area contributed by atoms with Crippen molar-refractivity contribution in [2.45, 2.75) is 20.8 Å². The van der Waals surface area contributed by atoms with E-state index in [0.29, 0.717) is 0 Å². The molecule has 3 nitrogen and oxygen atoms in total. The first-order valence-electron chi connectivity index (χ1n) is 3.16. The van der Waals surface area contributed by atoms with Gasteiger partial charge in [0, 0.05) is 8.81 Å². The van der Waals surface area contributed by atoms with Gasteiger partial charge in [-0.15, -0.1) is 0 Å². The minimum absolute atomic E-state index is 0.164. The Kier molecular flexibility index (Phi) is 4.45. The maximum atomic E-state index is 8.29. The highest BCUT2D eigenvalue weighted by Gasteiger charge is 2.13. The molecule has 0 aromatic carbocycles. The highest BCUT2D eigenvalue weighted by Crippen LogP contribution is 2.25. The zero-order valence-corrected chi connectivity index (χ0v) is 7.59. The van der Waals surface area contributed by atoms with Crippen LogP contribution < -0.4 is 0 Å². The first-order valence-corrected chi connectivity index (χ1v) is 4.28. The van der Waals surface area contributed by atoms with Crippen molar-refractivity contribution in [3.05, 3.63) is 0 Å². The first-order chi connectivity index (χ1) is 4.42. The van der Waals surface area contributed by atoms with Crippen LogP contribution in [0.4, 0.5) is 0 Å². The van der Waals surface area contributed by atoms with Crippen molar-refractivity contribution in [1.82, 2.24) is 0 Å². The third kappa shape index (κ3) is 8.37. The lowest BCUT2D eigenvalue weighted by Gasteiger charge is -2.16. The molecule has 0 aliphatic rings. The Hall–Kier alpha value is 0.375. The van der Waals surface area contributed by atoms with Crippen LogP contribution in [0.5, 0.6) is 0 Å². The summed E-state index contributed by atoms with van der Waals surface area (Å²) in [6.07, 6.45) is 0.852. The van der Waals surface area contributed by atoms with Crippen LogP contribution in [0.25, 0.3) is 0 Å². The summed E-state index contributed by atoms with van der Waals surface area (Å²) in [6, 6.07) is 0. The van der Waals surface area contributed by atoms with E-state index >= 15 is 0 Å². The average molecular weight is 164 g/mol. The summed E-state index contributed by atoms with van der Waals surface area (Å²) in [4.78, 5) is 0. The summed E-state index contributed by atoms with van der Waals surface area (Å²) in [5.41, 5.74) is 0.202. The summed E-state index contributed by atoms with van der Waals surface area (Å²) in [6.45, 7) is 6.23. The van der Waals surface area contributed by atoms with Crippen LogP contribution in [-0.2, 0) is 4.44 Å². The van der Waals surface area contributed by atoms with Gasteiger partial charge in [0.05, 0.1) is 0 Å². The molecule has 0 aliphatic carbocycles. The topological polar surface area (TPSA) is 49.7 Å².